The van der Waals surface area contributed by atoms with Crippen molar-refractivity contribution in [3.8, 4) is 5.75 Å². The van der Waals surface area contributed by atoms with Crippen LogP contribution in [0.5, 0.6) is 5.75 Å². The number of alkyl carbamates (subject to hydrolysis) is 1. The fourth-order valence-corrected chi connectivity index (χ4v) is 7.07. The topological polar surface area (TPSA) is 116 Å². The van der Waals surface area contributed by atoms with E-state index in [1.807, 2.05) is 51.1 Å². The Morgan fingerprint density at radius 2 is 1.82 bits per heavy atom. The number of benzene rings is 2. The molecule has 2 aliphatic heterocycles. The highest BCUT2D eigenvalue weighted by Crippen LogP contribution is 2.53. The summed E-state index contributed by atoms with van der Waals surface area (Å²) in [6.45, 7) is 9.71. The molecule has 2 aliphatic carbocycles. The smallest absolute Gasteiger partial charge is 0.408 e. The lowest BCUT2D eigenvalue weighted by Gasteiger charge is -2.35. The standard InChI is InChI=1S/C35H43N3O7/c1-7-23-18-35(23)31(40)45-29(37-35)27-19-34(43-6,24-14-12-22-17-26(42-5)15-13-21(22)16-24)20-38(27)30(39)28(33(2,3)4)36-32(41)44-25-10-8-9-11-25/h7,12-17,23,25,27-28H,1,8-11,18-20H2,2-6H3,(H,36,41)/t23-,27-,28+,34-,35+/m0/s1. The van der Waals surface area contributed by atoms with Gasteiger partial charge in [-0.15, -0.1) is 6.58 Å². The minimum absolute atomic E-state index is 0.105. The van der Waals surface area contributed by atoms with Crippen molar-refractivity contribution in [1.29, 1.82) is 0 Å². The van der Waals surface area contributed by atoms with Gasteiger partial charge in [-0.25, -0.2) is 14.6 Å². The number of amides is 2. The van der Waals surface area contributed by atoms with E-state index < -0.39 is 40.7 Å². The predicted octanol–water partition coefficient (Wildman–Crippen LogP) is 5.27. The van der Waals surface area contributed by atoms with Gasteiger partial charge in [0.15, 0.2) is 5.54 Å². The molecule has 1 saturated heterocycles. The average molecular weight is 618 g/mol. The Morgan fingerprint density at radius 3 is 2.47 bits per heavy atom. The maximum atomic E-state index is 14.6. The third-order valence-corrected chi connectivity index (χ3v) is 9.94. The van der Waals surface area contributed by atoms with Crippen molar-refractivity contribution in [2.45, 2.75) is 88.6 Å². The zero-order chi connectivity index (χ0) is 32.1. The zero-order valence-electron chi connectivity index (χ0n) is 26.8. The number of carbonyl (C=O) groups is 3. The lowest BCUT2D eigenvalue weighted by atomic mass is 9.85. The first-order valence-corrected chi connectivity index (χ1v) is 15.8. The van der Waals surface area contributed by atoms with Gasteiger partial charge in [0, 0.05) is 19.4 Å². The molecule has 6 rings (SSSR count). The molecule has 240 valence electrons. The second-order valence-corrected chi connectivity index (χ2v) is 13.9. The molecule has 10 heteroatoms. The number of carbonyl (C=O) groups excluding carboxylic acids is 3. The van der Waals surface area contributed by atoms with Gasteiger partial charge in [0.25, 0.3) is 0 Å². The summed E-state index contributed by atoms with van der Waals surface area (Å²) in [6, 6.07) is 10.3. The van der Waals surface area contributed by atoms with Gasteiger partial charge >= 0.3 is 12.1 Å². The van der Waals surface area contributed by atoms with E-state index in [0.29, 0.717) is 12.8 Å². The lowest BCUT2D eigenvalue weighted by molar-refractivity contribution is -0.139. The van der Waals surface area contributed by atoms with E-state index in [2.05, 4.69) is 18.0 Å². The number of rotatable bonds is 8. The number of hydrogen-bond acceptors (Lipinski definition) is 8. The SMILES string of the molecule is C=C[C@H]1C[C@@]12N=C([C@@H]1C[C@@](OC)(c3ccc4cc(OC)ccc4c3)CN1C(=O)[C@@H](NC(=O)OC1CCCC1)C(C)(C)C)OC2=O. The highest BCUT2D eigenvalue weighted by Gasteiger charge is 2.65. The summed E-state index contributed by atoms with van der Waals surface area (Å²) < 4.78 is 23.2. The van der Waals surface area contributed by atoms with Crippen LogP contribution in [0.3, 0.4) is 0 Å². The van der Waals surface area contributed by atoms with Crippen molar-refractivity contribution in [3.63, 3.8) is 0 Å². The van der Waals surface area contributed by atoms with Crippen LogP contribution >= 0.6 is 0 Å². The van der Waals surface area contributed by atoms with Gasteiger partial charge in [-0.1, -0.05) is 45.0 Å². The van der Waals surface area contributed by atoms with Gasteiger partial charge in [-0.2, -0.15) is 0 Å². The van der Waals surface area contributed by atoms with Crippen LogP contribution in [0.2, 0.25) is 0 Å². The molecule has 5 atom stereocenters. The maximum absolute atomic E-state index is 14.6. The Hall–Kier alpha value is -3.92. The number of fused-ring (bicyclic) bond motifs is 1. The van der Waals surface area contributed by atoms with Gasteiger partial charge in [-0.3, -0.25) is 4.79 Å². The average Bonchev–Trinajstić information content (AvgIpc) is 3.32. The van der Waals surface area contributed by atoms with Gasteiger partial charge < -0.3 is 29.2 Å². The number of likely N-dealkylation sites (tertiary alicyclic amines) is 1. The van der Waals surface area contributed by atoms with Gasteiger partial charge in [0.05, 0.1) is 13.7 Å². The molecule has 10 nitrogen and oxygen atoms in total. The summed E-state index contributed by atoms with van der Waals surface area (Å²) in [6.07, 6.45) is 5.50. The van der Waals surface area contributed by atoms with Crippen LogP contribution in [0.4, 0.5) is 4.79 Å². The molecule has 2 saturated carbocycles. The Kier molecular flexibility index (Phi) is 7.92. The van der Waals surface area contributed by atoms with Crippen LogP contribution in [-0.4, -0.2) is 73.3 Å². The Morgan fingerprint density at radius 1 is 1.11 bits per heavy atom. The third kappa shape index (κ3) is 5.58. The van der Waals surface area contributed by atoms with E-state index in [0.717, 1.165) is 47.8 Å². The molecule has 3 fully saturated rings. The van der Waals surface area contributed by atoms with Crippen molar-refractivity contribution in [2.75, 3.05) is 20.8 Å². The number of aliphatic imine (C=N–C) groups is 1. The molecule has 2 amide bonds. The molecule has 45 heavy (non-hydrogen) atoms. The number of cyclic esters (lactones) is 1. The second-order valence-electron chi connectivity index (χ2n) is 13.9. The molecule has 4 aliphatic rings. The monoisotopic (exact) mass is 617 g/mol. The number of methoxy groups -OCH3 is 2. The summed E-state index contributed by atoms with van der Waals surface area (Å²) in [5.74, 6) is 0.107. The minimum Gasteiger partial charge on any atom is -0.497 e. The van der Waals surface area contributed by atoms with E-state index in [-0.39, 0.29) is 30.4 Å². The normalized spacial score (nSPS) is 28.6. The van der Waals surface area contributed by atoms with E-state index in [9.17, 15) is 14.4 Å². The van der Waals surface area contributed by atoms with Crippen LogP contribution in [0, 0.1) is 11.3 Å². The Bertz CT molecular complexity index is 1560. The first kappa shape index (κ1) is 31.1. The van der Waals surface area contributed by atoms with Crippen molar-refractivity contribution in [1.82, 2.24) is 10.2 Å². The van der Waals surface area contributed by atoms with Crippen LogP contribution in [0.15, 0.2) is 54.0 Å². The fraction of sp³-hybridized carbons (Fsp3) is 0.543. The largest absolute Gasteiger partial charge is 0.497 e. The number of hydrogen-bond donors (Lipinski definition) is 1. The highest BCUT2D eigenvalue weighted by molar-refractivity contribution is 6.06. The van der Waals surface area contributed by atoms with Crippen LogP contribution in [-0.2, 0) is 29.4 Å². The molecule has 2 heterocycles. The van der Waals surface area contributed by atoms with Crippen molar-refractivity contribution in [2.24, 2.45) is 16.3 Å². The number of nitrogens with zero attached hydrogens (tertiary/aromatic N) is 2. The molecule has 0 radical (unpaired) electrons. The molecular weight excluding hydrogens is 574 g/mol. The van der Waals surface area contributed by atoms with Gasteiger partial charge in [0.2, 0.25) is 11.8 Å². The molecule has 0 aromatic heterocycles. The molecule has 2 aromatic rings. The second kappa shape index (κ2) is 11.5. The van der Waals surface area contributed by atoms with Crippen LogP contribution < -0.4 is 10.1 Å². The minimum atomic E-state index is -0.973. The van der Waals surface area contributed by atoms with Crippen molar-refractivity contribution < 1.29 is 33.3 Å². The summed E-state index contributed by atoms with van der Waals surface area (Å²) in [5, 5.41) is 4.87. The fourth-order valence-electron chi connectivity index (χ4n) is 7.07. The molecule has 0 bridgehead atoms. The number of ether oxygens (including phenoxy) is 4. The van der Waals surface area contributed by atoms with E-state index in [1.54, 1.807) is 25.2 Å². The molecule has 1 spiro atoms. The first-order chi connectivity index (χ1) is 21.4. The van der Waals surface area contributed by atoms with Gasteiger partial charge in [0.1, 0.15) is 29.5 Å². The molecule has 1 N–H and O–H groups in total. The summed E-state index contributed by atoms with van der Waals surface area (Å²) in [7, 11) is 3.26. The van der Waals surface area contributed by atoms with E-state index >= 15 is 0 Å². The maximum Gasteiger partial charge on any atom is 0.408 e. The summed E-state index contributed by atoms with van der Waals surface area (Å²) >= 11 is 0. The van der Waals surface area contributed by atoms with Crippen molar-refractivity contribution in [3.05, 3.63) is 54.6 Å². The summed E-state index contributed by atoms with van der Waals surface area (Å²) in [4.78, 5) is 47.2. The summed E-state index contributed by atoms with van der Waals surface area (Å²) in [5.41, 5.74) is -1.69. The molecule has 0 unspecified atom stereocenters. The molecular formula is C35H43N3O7. The van der Waals surface area contributed by atoms with Crippen LogP contribution in [0.1, 0.15) is 64.9 Å². The Balaban J connectivity index is 1.36. The van der Waals surface area contributed by atoms with Gasteiger partial charge in [-0.05, 0) is 72.1 Å². The van der Waals surface area contributed by atoms with Crippen molar-refractivity contribution >= 4 is 34.6 Å². The quantitative estimate of drug-likeness (QED) is 0.317. The van der Waals surface area contributed by atoms with Crippen LogP contribution in [0.25, 0.3) is 10.8 Å². The number of esters is 1. The van der Waals surface area contributed by atoms with E-state index in [4.69, 9.17) is 23.9 Å². The lowest BCUT2D eigenvalue weighted by Crippen LogP contribution is -2.57. The zero-order valence-corrected chi connectivity index (χ0v) is 26.8. The molecule has 2 aromatic carbocycles. The third-order valence-electron chi connectivity index (χ3n) is 9.94. The predicted molar refractivity (Wildman–Crippen MR) is 169 cm³/mol. The number of nitrogens with one attached hydrogen (secondary N) is 1. The Labute approximate surface area is 264 Å². The first-order valence-electron chi connectivity index (χ1n) is 15.8. The highest BCUT2D eigenvalue weighted by atomic mass is 16.6. The van der Waals surface area contributed by atoms with E-state index in [1.165, 1.54) is 0 Å².